The topological polar surface area (TPSA) is 78.6 Å². The fourth-order valence-electron chi connectivity index (χ4n) is 3.72. The second kappa shape index (κ2) is 12.6. The van der Waals surface area contributed by atoms with E-state index in [1.807, 2.05) is 36.5 Å². The van der Waals surface area contributed by atoms with Crippen LogP contribution in [0, 0.1) is 5.92 Å². The Morgan fingerprint density at radius 1 is 1.12 bits per heavy atom. The Morgan fingerprint density at radius 2 is 1.91 bits per heavy atom. The van der Waals surface area contributed by atoms with Crippen LogP contribution in [0.5, 0.6) is 0 Å². The molecule has 0 amide bonds. The molecule has 1 aliphatic heterocycles. The van der Waals surface area contributed by atoms with E-state index in [2.05, 4.69) is 51.5 Å². The highest BCUT2D eigenvalue weighted by atomic mass is 127. The summed E-state index contributed by atoms with van der Waals surface area (Å²) >= 11 is 0. The number of oxazole rings is 1. The van der Waals surface area contributed by atoms with Crippen LogP contribution in [-0.4, -0.2) is 35.6 Å². The van der Waals surface area contributed by atoms with Crippen LogP contribution in [0.25, 0.3) is 11.5 Å². The summed E-state index contributed by atoms with van der Waals surface area (Å²) in [6, 6.07) is 14.1. The van der Waals surface area contributed by atoms with Gasteiger partial charge in [0.15, 0.2) is 5.96 Å². The van der Waals surface area contributed by atoms with E-state index < -0.39 is 0 Å². The molecule has 0 spiro atoms. The number of hydrogen-bond acceptors (Lipinski definition) is 5. The molecule has 1 saturated heterocycles. The monoisotopic (exact) mass is 560 g/mol. The predicted octanol–water partition coefficient (Wildman–Crippen LogP) is 4.85. The number of piperidine rings is 1. The molecule has 1 aromatic carbocycles. The number of anilines is 1. The van der Waals surface area contributed by atoms with E-state index in [-0.39, 0.29) is 24.0 Å². The quantitative estimate of drug-likeness (QED) is 0.245. The summed E-state index contributed by atoms with van der Waals surface area (Å²) in [5.74, 6) is 3.25. The molecule has 1 aliphatic rings. The van der Waals surface area contributed by atoms with E-state index in [4.69, 9.17) is 9.41 Å². The maximum Gasteiger partial charge on any atom is 0.226 e. The Balaban J connectivity index is 0.00000306. The van der Waals surface area contributed by atoms with E-state index in [1.165, 1.54) is 12.8 Å². The fraction of sp³-hybridized carbons (Fsp3) is 0.400. The number of hydrogen-bond donors (Lipinski definition) is 2. The normalized spacial score (nSPS) is 14.6. The first-order valence-corrected chi connectivity index (χ1v) is 11.4. The molecule has 0 aliphatic carbocycles. The molecule has 0 bridgehead atoms. The summed E-state index contributed by atoms with van der Waals surface area (Å²) in [6.45, 7) is 8.44. The Hall–Kier alpha value is -2.62. The van der Waals surface area contributed by atoms with Gasteiger partial charge in [-0.15, -0.1) is 24.0 Å². The van der Waals surface area contributed by atoms with E-state index >= 15 is 0 Å². The Morgan fingerprint density at radius 3 is 2.61 bits per heavy atom. The second-order valence-corrected chi connectivity index (χ2v) is 8.25. The molecular formula is C25H33IN6O. The lowest BCUT2D eigenvalue weighted by Crippen LogP contribution is -2.36. The van der Waals surface area contributed by atoms with Crippen LogP contribution in [-0.2, 0) is 13.1 Å². The smallest absolute Gasteiger partial charge is 0.226 e. The molecular weight excluding hydrogens is 527 g/mol. The molecule has 0 unspecified atom stereocenters. The van der Waals surface area contributed by atoms with E-state index in [0.717, 1.165) is 54.2 Å². The average Bonchev–Trinajstić information content (AvgIpc) is 3.31. The highest BCUT2D eigenvalue weighted by molar-refractivity contribution is 14.0. The number of nitrogens with zero attached hydrogens (tertiary/aromatic N) is 4. The van der Waals surface area contributed by atoms with Gasteiger partial charge in [0.1, 0.15) is 12.1 Å². The third-order valence-electron chi connectivity index (χ3n) is 5.69. The molecule has 3 heterocycles. The zero-order chi connectivity index (χ0) is 22.2. The van der Waals surface area contributed by atoms with Gasteiger partial charge in [0.2, 0.25) is 5.89 Å². The zero-order valence-corrected chi connectivity index (χ0v) is 21.7. The van der Waals surface area contributed by atoms with Crippen molar-refractivity contribution in [1.29, 1.82) is 0 Å². The highest BCUT2D eigenvalue weighted by Crippen LogP contribution is 2.21. The van der Waals surface area contributed by atoms with Crippen molar-refractivity contribution in [3.63, 3.8) is 0 Å². The van der Waals surface area contributed by atoms with Crippen LogP contribution >= 0.6 is 24.0 Å². The van der Waals surface area contributed by atoms with Crippen molar-refractivity contribution in [3.05, 3.63) is 66.2 Å². The fourth-order valence-corrected chi connectivity index (χ4v) is 3.72. The Bertz CT molecular complexity index is 997. The van der Waals surface area contributed by atoms with Gasteiger partial charge in [-0.05, 0) is 49.4 Å². The highest BCUT2D eigenvalue weighted by Gasteiger charge is 2.16. The predicted molar refractivity (Wildman–Crippen MR) is 144 cm³/mol. The average molecular weight is 560 g/mol. The van der Waals surface area contributed by atoms with Gasteiger partial charge >= 0.3 is 0 Å². The second-order valence-electron chi connectivity index (χ2n) is 8.25. The molecule has 33 heavy (non-hydrogen) atoms. The van der Waals surface area contributed by atoms with E-state index in [1.54, 1.807) is 6.26 Å². The molecule has 2 N–H and O–H groups in total. The molecule has 8 heteroatoms. The third-order valence-corrected chi connectivity index (χ3v) is 5.69. The third kappa shape index (κ3) is 7.18. The number of rotatable bonds is 7. The van der Waals surface area contributed by atoms with Crippen LogP contribution in [0.1, 0.15) is 37.9 Å². The van der Waals surface area contributed by atoms with Crippen molar-refractivity contribution in [2.45, 2.75) is 39.8 Å². The lowest BCUT2D eigenvalue weighted by molar-refractivity contribution is 0.436. The van der Waals surface area contributed by atoms with Crippen LogP contribution in [0.4, 0.5) is 5.82 Å². The van der Waals surface area contributed by atoms with Gasteiger partial charge in [0.05, 0.1) is 18.8 Å². The maximum atomic E-state index is 5.62. The molecule has 176 valence electrons. The number of aromatic nitrogens is 2. The number of halogens is 1. The standard InChI is InChI=1S/C25H32N6O.HI/c1-3-26-25(29-17-22-18-32-24(30-22)21-7-5-4-6-8-21)28-16-20-9-10-23(27-15-20)31-13-11-19(2)12-14-31;/h4-10,15,18-19H,3,11-14,16-17H2,1-2H3,(H2,26,28,29);1H. The van der Waals surface area contributed by atoms with Gasteiger partial charge in [-0.2, -0.15) is 0 Å². The van der Waals surface area contributed by atoms with E-state index in [9.17, 15) is 0 Å². The summed E-state index contributed by atoms with van der Waals surface area (Å²) < 4.78 is 5.62. The number of pyridine rings is 1. The molecule has 7 nitrogen and oxygen atoms in total. The molecule has 4 rings (SSSR count). The van der Waals surface area contributed by atoms with E-state index in [0.29, 0.717) is 19.0 Å². The zero-order valence-electron chi connectivity index (χ0n) is 19.3. The Kier molecular flexibility index (Phi) is 9.53. The van der Waals surface area contributed by atoms with Crippen LogP contribution in [0.3, 0.4) is 0 Å². The van der Waals surface area contributed by atoms with Crippen LogP contribution in [0.2, 0.25) is 0 Å². The first-order chi connectivity index (χ1) is 15.7. The number of benzene rings is 1. The maximum absolute atomic E-state index is 5.62. The number of aliphatic imine (C=N–C) groups is 1. The van der Waals surface area contributed by atoms with Crippen molar-refractivity contribution < 1.29 is 4.42 Å². The van der Waals surface area contributed by atoms with Crippen molar-refractivity contribution in [2.24, 2.45) is 10.9 Å². The SMILES string of the molecule is CCNC(=NCc1ccc(N2CCC(C)CC2)nc1)NCc1coc(-c2ccccc2)n1.I. The van der Waals surface area contributed by atoms with Gasteiger partial charge in [-0.1, -0.05) is 31.2 Å². The van der Waals surface area contributed by atoms with Crippen molar-refractivity contribution in [1.82, 2.24) is 20.6 Å². The molecule has 3 aromatic rings. The summed E-state index contributed by atoms with van der Waals surface area (Å²) in [7, 11) is 0. The lowest BCUT2D eigenvalue weighted by Gasteiger charge is -2.31. The Labute approximate surface area is 213 Å². The lowest BCUT2D eigenvalue weighted by atomic mass is 9.99. The minimum atomic E-state index is 0. The first-order valence-electron chi connectivity index (χ1n) is 11.4. The van der Waals surface area contributed by atoms with Crippen molar-refractivity contribution in [2.75, 3.05) is 24.5 Å². The summed E-state index contributed by atoms with van der Waals surface area (Å²) in [6.07, 6.45) is 6.10. The largest absolute Gasteiger partial charge is 0.444 e. The summed E-state index contributed by atoms with van der Waals surface area (Å²) in [4.78, 5) is 16.3. The minimum absolute atomic E-state index is 0. The van der Waals surface area contributed by atoms with Gasteiger partial charge in [0, 0.05) is 31.4 Å². The van der Waals surface area contributed by atoms with Crippen LogP contribution < -0.4 is 15.5 Å². The van der Waals surface area contributed by atoms with Gasteiger partial charge in [0.25, 0.3) is 0 Å². The van der Waals surface area contributed by atoms with Gasteiger partial charge in [-0.3, -0.25) is 0 Å². The molecule has 1 fully saturated rings. The molecule has 0 atom stereocenters. The molecule has 2 aromatic heterocycles. The van der Waals surface area contributed by atoms with Crippen LogP contribution in [0.15, 0.2) is 64.3 Å². The summed E-state index contributed by atoms with van der Waals surface area (Å²) in [5, 5.41) is 6.61. The summed E-state index contributed by atoms with van der Waals surface area (Å²) in [5.41, 5.74) is 2.88. The first kappa shape index (κ1) is 25.0. The number of nitrogens with one attached hydrogen (secondary N) is 2. The molecule has 0 saturated carbocycles. The molecule has 0 radical (unpaired) electrons. The van der Waals surface area contributed by atoms with Crippen molar-refractivity contribution >= 4 is 35.8 Å². The van der Waals surface area contributed by atoms with Crippen molar-refractivity contribution in [3.8, 4) is 11.5 Å². The number of guanidine groups is 1. The van der Waals surface area contributed by atoms with Gasteiger partial charge in [-0.25, -0.2) is 15.0 Å². The van der Waals surface area contributed by atoms with Gasteiger partial charge < -0.3 is 20.0 Å². The minimum Gasteiger partial charge on any atom is -0.444 e.